The minimum absolute atomic E-state index is 0.0652. The fourth-order valence-electron chi connectivity index (χ4n) is 5.05. The maximum absolute atomic E-state index is 14.0. The lowest BCUT2D eigenvalue weighted by Crippen LogP contribution is -2.21. The number of anilines is 1. The average molecular weight is 749 g/mol. The molecule has 0 radical (unpaired) electrons. The van der Waals surface area contributed by atoms with Gasteiger partial charge in [0.05, 0.1) is 40.1 Å². The number of hydrogen-bond acceptors (Lipinski definition) is 7. The van der Waals surface area contributed by atoms with E-state index in [2.05, 4.69) is 46.9 Å². The van der Waals surface area contributed by atoms with E-state index in [0.29, 0.717) is 44.0 Å². The predicted octanol–water partition coefficient (Wildman–Crippen LogP) is 7.55. The highest BCUT2D eigenvalue weighted by Gasteiger charge is 2.19. The van der Waals surface area contributed by atoms with Crippen LogP contribution in [0.2, 0.25) is 0 Å². The molecular formula is C36H34FIN4O5. The molecule has 0 bridgehead atoms. The molecule has 0 spiro atoms. The summed E-state index contributed by atoms with van der Waals surface area (Å²) in [6, 6.07) is 20.5. The highest BCUT2D eigenvalue weighted by molar-refractivity contribution is 14.1. The molecule has 1 N–H and O–H groups in total. The van der Waals surface area contributed by atoms with Crippen LogP contribution in [-0.2, 0) is 4.79 Å². The van der Waals surface area contributed by atoms with E-state index < -0.39 is 11.7 Å². The minimum atomic E-state index is -0.541. The predicted molar refractivity (Wildman–Crippen MR) is 191 cm³/mol. The molecule has 0 aliphatic heterocycles. The van der Waals surface area contributed by atoms with E-state index >= 15 is 0 Å². The molecule has 0 saturated heterocycles. The maximum Gasteiger partial charge on any atom is 0.282 e. The van der Waals surface area contributed by atoms with Gasteiger partial charge in [0.25, 0.3) is 11.5 Å². The Kier molecular flexibility index (Phi) is 10.5. The Morgan fingerprint density at radius 2 is 1.81 bits per heavy atom. The van der Waals surface area contributed by atoms with Gasteiger partial charge in [0.1, 0.15) is 11.6 Å². The van der Waals surface area contributed by atoms with E-state index in [1.807, 2.05) is 38.1 Å². The van der Waals surface area contributed by atoms with Crippen molar-refractivity contribution in [3.05, 3.63) is 109 Å². The number of para-hydroxylation sites is 2. The summed E-state index contributed by atoms with van der Waals surface area (Å²) >= 11 is 2.09. The summed E-state index contributed by atoms with van der Waals surface area (Å²) in [6.07, 6.45) is 1.56. The zero-order valence-corrected chi connectivity index (χ0v) is 28.8. The lowest BCUT2D eigenvalue weighted by Gasteiger charge is -2.17. The molecule has 4 aromatic carbocycles. The van der Waals surface area contributed by atoms with Gasteiger partial charge in [0.15, 0.2) is 23.9 Å². The minimum Gasteiger partial charge on any atom is -0.496 e. The van der Waals surface area contributed by atoms with Crippen molar-refractivity contribution in [3.63, 3.8) is 0 Å². The number of halogens is 2. The molecule has 5 aromatic rings. The maximum atomic E-state index is 14.0. The van der Waals surface area contributed by atoms with Crippen LogP contribution in [0.15, 0.2) is 82.7 Å². The third-order valence-electron chi connectivity index (χ3n) is 7.34. The van der Waals surface area contributed by atoms with Crippen LogP contribution in [0.25, 0.3) is 22.3 Å². The van der Waals surface area contributed by atoms with Gasteiger partial charge in [0.2, 0.25) is 0 Å². The molecule has 0 unspecified atom stereocenters. The smallest absolute Gasteiger partial charge is 0.282 e. The van der Waals surface area contributed by atoms with Crippen LogP contribution in [-0.4, -0.2) is 42.1 Å². The van der Waals surface area contributed by atoms with Crippen LogP contribution < -0.4 is 25.1 Å². The Morgan fingerprint density at radius 3 is 2.53 bits per heavy atom. The third-order valence-corrected chi connectivity index (χ3v) is 8.14. The summed E-state index contributed by atoms with van der Waals surface area (Å²) in [5, 5.41) is 7.59. The lowest BCUT2D eigenvalue weighted by molar-refractivity contribution is -0.118. The second-order valence-corrected chi connectivity index (χ2v) is 12.1. The first-order chi connectivity index (χ1) is 22.6. The van der Waals surface area contributed by atoms with E-state index in [-0.39, 0.29) is 23.8 Å². The number of amides is 1. The number of ether oxygens (including phenoxy) is 3. The summed E-state index contributed by atoms with van der Waals surface area (Å²) in [5.41, 5.74) is 3.57. The average Bonchev–Trinajstić information content (AvgIpc) is 3.04. The van der Waals surface area contributed by atoms with E-state index in [1.54, 1.807) is 49.7 Å². The SMILES string of the molecule is CCOc1cc(C=Nn2c(-c3cc(C(C)C)c(OC)cc3C)nc3ccccc3c2=O)cc(I)c1OCC(=O)Nc1ccccc1F. The number of hydrogen-bond donors (Lipinski definition) is 1. The molecule has 1 aromatic heterocycles. The number of rotatable bonds is 11. The summed E-state index contributed by atoms with van der Waals surface area (Å²) in [6.45, 7) is 7.91. The van der Waals surface area contributed by atoms with E-state index in [4.69, 9.17) is 19.2 Å². The first kappa shape index (κ1) is 33.6. The van der Waals surface area contributed by atoms with Crippen molar-refractivity contribution in [1.29, 1.82) is 0 Å². The number of methoxy groups -OCH3 is 1. The normalized spacial score (nSPS) is 11.3. The number of aryl methyl sites for hydroxylation is 1. The number of aromatic nitrogens is 2. The van der Waals surface area contributed by atoms with E-state index in [9.17, 15) is 14.0 Å². The molecule has 47 heavy (non-hydrogen) atoms. The van der Waals surface area contributed by atoms with Crippen LogP contribution in [0, 0.1) is 16.3 Å². The number of nitrogens with one attached hydrogen (secondary N) is 1. The number of carbonyl (C=O) groups excluding carboxylic acids is 1. The Morgan fingerprint density at radius 1 is 1.06 bits per heavy atom. The van der Waals surface area contributed by atoms with Gasteiger partial charge in [-0.2, -0.15) is 9.78 Å². The molecule has 0 atom stereocenters. The molecule has 0 fully saturated rings. The Balaban J connectivity index is 1.52. The van der Waals surface area contributed by atoms with Crippen LogP contribution in [0.3, 0.4) is 0 Å². The van der Waals surface area contributed by atoms with Gasteiger partial charge in [-0.15, -0.1) is 0 Å². The fraction of sp³-hybridized carbons (Fsp3) is 0.222. The van der Waals surface area contributed by atoms with E-state index in [1.165, 1.54) is 16.8 Å². The number of fused-ring (bicyclic) bond motifs is 1. The van der Waals surface area contributed by atoms with Crippen LogP contribution in [0.1, 0.15) is 43.4 Å². The summed E-state index contributed by atoms with van der Waals surface area (Å²) in [4.78, 5) is 31.3. The summed E-state index contributed by atoms with van der Waals surface area (Å²) < 4.78 is 33.3. The number of benzene rings is 4. The van der Waals surface area contributed by atoms with Crippen molar-refractivity contribution in [2.75, 3.05) is 25.6 Å². The Labute approximate surface area is 285 Å². The molecular weight excluding hydrogens is 714 g/mol. The van der Waals surface area contributed by atoms with Crippen molar-refractivity contribution < 1.29 is 23.4 Å². The number of carbonyl (C=O) groups is 1. The standard InChI is InChI=1S/C36H34FIN4O5/c1-6-46-32-17-23(16-28(38)34(32)47-20-33(43)40-30-14-10-8-12-27(30)37)19-39-42-35(41-29-13-9-7-11-24(29)36(42)44)26-18-25(21(2)3)31(45-5)15-22(26)4/h7-19,21H,6,20H2,1-5H3,(H,40,43). The zero-order valence-electron chi connectivity index (χ0n) is 26.6. The molecule has 242 valence electrons. The molecule has 9 nitrogen and oxygen atoms in total. The summed E-state index contributed by atoms with van der Waals surface area (Å²) in [5.74, 6) is 1.00. The van der Waals surface area contributed by atoms with Crippen molar-refractivity contribution in [3.8, 4) is 28.6 Å². The second kappa shape index (κ2) is 14.8. The summed E-state index contributed by atoms with van der Waals surface area (Å²) in [7, 11) is 1.64. The molecule has 11 heteroatoms. The lowest BCUT2D eigenvalue weighted by atomic mass is 9.96. The van der Waals surface area contributed by atoms with Crippen molar-refractivity contribution in [2.24, 2.45) is 5.10 Å². The van der Waals surface area contributed by atoms with Gasteiger partial charge in [0, 0.05) is 5.56 Å². The molecule has 5 rings (SSSR count). The van der Waals surface area contributed by atoms with Crippen LogP contribution in [0.4, 0.5) is 10.1 Å². The second-order valence-electron chi connectivity index (χ2n) is 11.0. The zero-order chi connectivity index (χ0) is 33.7. The van der Waals surface area contributed by atoms with Crippen molar-refractivity contribution in [2.45, 2.75) is 33.6 Å². The largest absolute Gasteiger partial charge is 0.496 e. The molecule has 0 aliphatic carbocycles. The Hall–Kier alpha value is -4.78. The first-order valence-electron chi connectivity index (χ1n) is 15.0. The van der Waals surface area contributed by atoms with Crippen LogP contribution in [0.5, 0.6) is 17.2 Å². The van der Waals surface area contributed by atoms with Crippen molar-refractivity contribution >= 4 is 51.3 Å². The van der Waals surface area contributed by atoms with Gasteiger partial charge in [-0.05, 0) is 108 Å². The highest BCUT2D eigenvalue weighted by atomic mass is 127. The van der Waals surface area contributed by atoms with E-state index in [0.717, 1.165) is 22.4 Å². The van der Waals surface area contributed by atoms with Crippen molar-refractivity contribution in [1.82, 2.24) is 9.66 Å². The van der Waals surface area contributed by atoms with Gasteiger partial charge in [-0.1, -0.05) is 38.1 Å². The van der Waals surface area contributed by atoms with Gasteiger partial charge in [-0.3, -0.25) is 9.59 Å². The quantitative estimate of drug-likeness (QED) is 0.111. The molecule has 0 aliphatic rings. The molecule has 1 amide bonds. The monoisotopic (exact) mass is 748 g/mol. The highest BCUT2D eigenvalue weighted by Crippen LogP contribution is 2.35. The fourth-order valence-corrected chi connectivity index (χ4v) is 5.83. The first-order valence-corrected chi connectivity index (χ1v) is 16.1. The van der Waals surface area contributed by atoms with Gasteiger partial charge >= 0.3 is 0 Å². The number of nitrogens with zero attached hydrogens (tertiary/aromatic N) is 3. The molecule has 0 saturated carbocycles. The Bertz CT molecular complexity index is 2040. The van der Waals surface area contributed by atoms with Crippen LogP contribution >= 0.6 is 22.6 Å². The topological polar surface area (TPSA) is 104 Å². The van der Waals surface area contributed by atoms with Gasteiger partial charge in [-0.25, -0.2) is 9.37 Å². The molecule has 1 heterocycles. The third kappa shape index (κ3) is 7.46. The van der Waals surface area contributed by atoms with Gasteiger partial charge < -0.3 is 19.5 Å².